The zero-order chi connectivity index (χ0) is 14.8. The molecule has 0 bridgehead atoms. The van der Waals surface area contributed by atoms with E-state index in [0.29, 0.717) is 18.2 Å². The molecule has 6 nitrogen and oxygen atoms in total. The van der Waals surface area contributed by atoms with E-state index in [0.717, 1.165) is 12.8 Å². The fourth-order valence-electron chi connectivity index (χ4n) is 3.00. The van der Waals surface area contributed by atoms with Crippen LogP contribution in [0.4, 0.5) is 4.79 Å². The number of hydrogen-bond donors (Lipinski definition) is 2. The van der Waals surface area contributed by atoms with E-state index < -0.39 is 12.0 Å². The predicted molar refractivity (Wildman–Crippen MR) is 78.9 cm³/mol. The van der Waals surface area contributed by atoms with Crippen LogP contribution in [-0.2, 0) is 4.79 Å². The molecule has 7 heteroatoms. The second kappa shape index (κ2) is 6.22. The van der Waals surface area contributed by atoms with Gasteiger partial charge >= 0.3 is 12.0 Å². The van der Waals surface area contributed by atoms with E-state index in [-0.39, 0.29) is 11.6 Å². The first kappa shape index (κ1) is 15.4. The van der Waals surface area contributed by atoms with Gasteiger partial charge in [-0.3, -0.25) is 0 Å². The van der Waals surface area contributed by atoms with Crippen molar-refractivity contribution < 1.29 is 14.7 Å². The Morgan fingerprint density at radius 2 is 2.05 bits per heavy atom. The van der Waals surface area contributed by atoms with E-state index in [1.165, 1.54) is 29.5 Å². The molecule has 1 atom stereocenters. The molecule has 20 heavy (non-hydrogen) atoms. The van der Waals surface area contributed by atoms with Gasteiger partial charge in [-0.1, -0.05) is 12.8 Å². The van der Waals surface area contributed by atoms with Gasteiger partial charge < -0.3 is 20.2 Å². The minimum atomic E-state index is -0.923. The number of amides is 2. The molecule has 114 valence electrons. The molecule has 0 radical (unpaired) electrons. The standard InChI is InChI=1S/C13H23N3O3S/c1-15(2)13(5-3-4-6-13)8-14-12(19)16-9-20-7-10(16)11(17)18/h10H,3-9H2,1-2H3,(H,14,19)(H,17,18)/t10-/m0/s1. The lowest BCUT2D eigenvalue weighted by atomic mass is 9.96. The van der Waals surface area contributed by atoms with E-state index >= 15 is 0 Å². The lowest BCUT2D eigenvalue weighted by Gasteiger charge is -2.37. The SMILES string of the molecule is CN(C)C1(CNC(=O)N2CSC[C@H]2C(=O)O)CCCC1. The predicted octanol–water partition coefficient (Wildman–Crippen LogP) is 1.03. The van der Waals surface area contributed by atoms with Gasteiger partial charge in [0.2, 0.25) is 0 Å². The van der Waals surface area contributed by atoms with Gasteiger partial charge in [0, 0.05) is 17.8 Å². The summed E-state index contributed by atoms with van der Waals surface area (Å²) in [6.45, 7) is 0.590. The summed E-state index contributed by atoms with van der Waals surface area (Å²) < 4.78 is 0. The number of carbonyl (C=O) groups is 2. The number of rotatable bonds is 4. The highest BCUT2D eigenvalue weighted by Gasteiger charge is 2.38. The highest BCUT2D eigenvalue weighted by Crippen LogP contribution is 2.33. The van der Waals surface area contributed by atoms with Crippen molar-refractivity contribution in [2.75, 3.05) is 32.3 Å². The van der Waals surface area contributed by atoms with Crippen LogP contribution < -0.4 is 5.32 Å². The number of carboxylic acid groups (broad SMARTS) is 1. The van der Waals surface area contributed by atoms with Gasteiger partial charge in [0.1, 0.15) is 6.04 Å². The van der Waals surface area contributed by atoms with Crippen LogP contribution in [0.2, 0.25) is 0 Å². The molecule has 2 N–H and O–H groups in total. The Hall–Kier alpha value is -0.950. The number of carboxylic acids is 1. The molecule has 2 aliphatic rings. The zero-order valence-electron chi connectivity index (χ0n) is 12.1. The quantitative estimate of drug-likeness (QED) is 0.811. The molecule has 1 heterocycles. The highest BCUT2D eigenvalue weighted by molar-refractivity contribution is 7.99. The Bertz CT molecular complexity index is 383. The van der Waals surface area contributed by atoms with Crippen molar-refractivity contribution in [1.82, 2.24) is 15.1 Å². The molecule has 2 fully saturated rings. The largest absolute Gasteiger partial charge is 0.480 e. The van der Waals surface area contributed by atoms with E-state index in [1.807, 2.05) is 14.1 Å². The molecule has 0 unspecified atom stereocenters. The smallest absolute Gasteiger partial charge is 0.327 e. The number of hydrogen-bond acceptors (Lipinski definition) is 4. The van der Waals surface area contributed by atoms with Gasteiger partial charge in [-0.25, -0.2) is 9.59 Å². The summed E-state index contributed by atoms with van der Waals surface area (Å²) >= 11 is 1.48. The lowest BCUT2D eigenvalue weighted by Crippen LogP contribution is -2.54. The minimum Gasteiger partial charge on any atom is -0.480 e. The van der Waals surface area contributed by atoms with Crippen LogP contribution in [0.25, 0.3) is 0 Å². The Morgan fingerprint density at radius 1 is 1.40 bits per heavy atom. The molecule has 0 aromatic carbocycles. The topological polar surface area (TPSA) is 72.9 Å². The Balaban J connectivity index is 1.93. The van der Waals surface area contributed by atoms with Gasteiger partial charge in [-0.05, 0) is 26.9 Å². The van der Waals surface area contributed by atoms with Crippen molar-refractivity contribution in [1.29, 1.82) is 0 Å². The summed E-state index contributed by atoms with van der Waals surface area (Å²) in [6.07, 6.45) is 4.53. The number of carbonyl (C=O) groups excluding carboxylic acids is 1. The molecular weight excluding hydrogens is 278 g/mol. The molecule has 0 spiro atoms. The molecule has 2 rings (SSSR count). The maximum Gasteiger partial charge on any atom is 0.327 e. The van der Waals surface area contributed by atoms with Crippen molar-refractivity contribution in [3.8, 4) is 0 Å². The van der Waals surface area contributed by atoms with Gasteiger partial charge in [-0.2, -0.15) is 0 Å². The molecule has 2 amide bonds. The number of nitrogens with zero attached hydrogens (tertiary/aromatic N) is 2. The summed E-state index contributed by atoms with van der Waals surface area (Å²) in [5.41, 5.74) is 0.0290. The normalized spacial score (nSPS) is 25.1. The second-order valence-electron chi connectivity index (χ2n) is 5.81. The van der Waals surface area contributed by atoms with Gasteiger partial charge in [0.25, 0.3) is 0 Å². The van der Waals surface area contributed by atoms with Crippen molar-refractivity contribution in [2.24, 2.45) is 0 Å². The van der Waals surface area contributed by atoms with Gasteiger partial charge in [0.15, 0.2) is 0 Å². The van der Waals surface area contributed by atoms with Crippen LogP contribution in [0.3, 0.4) is 0 Å². The first-order valence-electron chi connectivity index (χ1n) is 6.99. The molecule has 1 saturated carbocycles. The van der Waals surface area contributed by atoms with Crippen LogP contribution in [0, 0.1) is 0 Å². The fourth-order valence-corrected chi connectivity index (χ4v) is 4.15. The third kappa shape index (κ3) is 3.03. The third-order valence-electron chi connectivity index (χ3n) is 4.48. The van der Waals surface area contributed by atoms with E-state index in [1.54, 1.807) is 0 Å². The van der Waals surface area contributed by atoms with Crippen molar-refractivity contribution in [3.05, 3.63) is 0 Å². The average Bonchev–Trinajstić information content (AvgIpc) is 3.05. The number of nitrogens with one attached hydrogen (secondary N) is 1. The second-order valence-corrected chi connectivity index (χ2v) is 6.81. The van der Waals surface area contributed by atoms with E-state index in [9.17, 15) is 9.59 Å². The van der Waals surface area contributed by atoms with Gasteiger partial charge in [-0.15, -0.1) is 11.8 Å². The molecule has 1 aliphatic heterocycles. The molecule has 1 aliphatic carbocycles. The van der Waals surface area contributed by atoms with Crippen molar-refractivity contribution in [3.63, 3.8) is 0 Å². The van der Waals surface area contributed by atoms with Crippen LogP contribution >= 0.6 is 11.8 Å². The van der Waals surface area contributed by atoms with Gasteiger partial charge in [0.05, 0.1) is 5.88 Å². The van der Waals surface area contributed by atoms with E-state index in [4.69, 9.17) is 5.11 Å². The Labute approximate surface area is 123 Å². The lowest BCUT2D eigenvalue weighted by molar-refractivity contribution is -0.140. The molecule has 0 aromatic heterocycles. The van der Waals surface area contributed by atoms with Crippen LogP contribution in [0.1, 0.15) is 25.7 Å². The zero-order valence-corrected chi connectivity index (χ0v) is 12.9. The number of thioether (sulfide) groups is 1. The number of urea groups is 1. The maximum atomic E-state index is 12.2. The van der Waals surface area contributed by atoms with Crippen molar-refractivity contribution >= 4 is 23.8 Å². The number of aliphatic carboxylic acids is 1. The summed E-state index contributed by atoms with van der Waals surface area (Å²) in [5.74, 6) is 0.00707. The summed E-state index contributed by atoms with van der Waals surface area (Å²) in [7, 11) is 4.09. The summed E-state index contributed by atoms with van der Waals surface area (Å²) in [6, 6.07) is -0.950. The minimum absolute atomic E-state index is 0.0290. The molecule has 1 saturated heterocycles. The van der Waals surface area contributed by atoms with Crippen molar-refractivity contribution in [2.45, 2.75) is 37.3 Å². The van der Waals surface area contributed by atoms with E-state index in [2.05, 4.69) is 10.2 Å². The highest BCUT2D eigenvalue weighted by atomic mass is 32.2. The summed E-state index contributed by atoms with van der Waals surface area (Å²) in [4.78, 5) is 26.9. The molecule has 0 aromatic rings. The molecular formula is C13H23N3O3S. The van der Waals surface area contributed by atoms with Crippen LogP contribution in [-0.4, -0.2) is 70.8 Å². The Kier molecular flexibility index (Phi) is 4.80. The van der Waals surface area contributed by atoms with Crippen LogP contribution in [0.15, 0.2) is 0 Å². The first-order valence-corrected chi connectivity index (χ1v) is 8.14. The monoisotopic (exact) mass is 301 g/mol. The number of likely N-dealkylation sites (N-methyl/N-ethyl adjacent to an activating group) is 1. The average molecular weight is 301 g/mol. The third-order valence-corrected chi connectivity index (χ3v) is 5.49. The summed E-state index contributed by atoms with van der Waals surface area (Å²) in [5, 5.41) is 12.1. The fraction of sp³-hybridized carbons (Fsp3) is 0.846. The maximum absolute atomic E-state index is 12.2. The van der Waals surface area contributed by atoms with Crippen LogP contribution in [0.5, 0.6) is 0 Å². The Morgan fingerprint density at radius 3 is 2.60 bits per heavy atom. The first-order chi connectivity index (χ1) is 9.46.